The van der Waals surface area contributed by atoms with Crippen molar-refractivity contribution in [2.75, 3.05) is 13.1 Å². The SMILES string of the molecule is CCNCC(C)Oc1ccc2oc3ccccc3c2c1. The van der Waals surface area contributed by atoms with Crippen molar-refractivity contribution in [2.45, 2.75) is 20.0 Å². The number of rotatable bonds is 5. The Hall–Kier alpha value is -2.00. The molecule has 3 rings (SSSR count). The highest BCUT2D eigenvalue weighted by Gasteiger charge is 2.09. The van der Waals surface area contributed by atoms with Crippen molar-refractivity contribution >= 4 is 21.9 Å². The third-order valence-electron chi connectivity index (χ3n) is 3.37. The summed E-state index contributed by atoms with van der Waals surface area (Å²) < 4.78 is 11.7. The Morgan fingerprint density at radius 3 is 2.75 bits per heavy atom. The van der Waals surface area contributed by atoms with E-state index in [2.05, 4.69) is 31.3 Å². The fourth-order valence-corrected chi connectivity index (χ4v) is 2.40. The molecule has 1 heterocycles. The normalized spacial score (nSPS) is 12.9. The van der Waals surface area contributed by atoms with Crippen LogP contribution in [0.2, 0.25) is 0 Å². The van der Waals surface area contributed by atoms with Crippen LogP contribution in [0.15, 0.2) is 46.9 Å². The van der Waals surface area contributed by atoms with Crippen molar-refractivity contribution in [3.63, 3.8) is 0 Å². The minimum Gasteiger partial charge on any atom is -0.489 e. The molecule has 3 nitrogen and oxygen atoms in total. The molecule has 3 aromatic rings. The average molecular weight is 269 g/mol. The zero-order valence-corrected chi connectivity index (χ0v) is 11.8. The van der Waals surface area contributed by atoms with Gasteiger partial charge in [-0.25, -0.2) is 0 Å². The highest BCUT2D eigenvalue weighted by Crippen LogP contribution is 2.31. The molecular formula is C17H19NO2. The van der Waals surface area contributed by atoms with Crippen LogP contribution in [0.3, 0.4) is 0 Å². The van der Waals surface area contributed by atoms with Gasteiger partial charge in [-0.05, 0) is 37.7 Å². The molecule has 0 aliphatic heterocycles. The van der Waals surface area contributed by atoms with Gasteiger partial charge in [0.1, 0.15) is 23.0 Å². The summed E-state index contributed by atoms with van der Waals surface area (Å²) in [5.74, 6) is 0.884. The number of para-hydroxylation sites is 1. The van der Waals surface area contributed by atoms with Crippen molar-refractivity contribution < 1.29 is 9.15 Å². The molecule has 0 fully saturated rings. The van der Waals surface area contributed by atoms with Gasteiger partial charge in [-0.15, -0.1) is 0 Å². The maximum Gasteiger partial charge on any atom is 0.135 e. The molecule has 1 unspecified atom stereocenters. The van der Waals surface area contributed by atoms with E-state index in [1.54, 1.807) is 0 Å². The first kappa shape index (κ1) is 13.0. The van der Waals surface area contributed by atoms with Crippen molar-refractivity contribution in [3.05, 3.63) is 42.5 Å². The Morgan fingerprint density at radius 1 is 1.10 bits per heavy atom. The Labute approximate surface area is 118 Å². The van der Waals surface area contributed by atoms with Crippen LogP contribution < -0.4 is 10.1 Å². The lowest BCUT2D eigenvalue weighted by atomic mass is 10.1. The highest BCUT2D eigenvalue weighted by molar-refractivity contribution is 6.05. The number of hydrogen-bond donors (Lipinski definition) is 1. The van der Waals surface area contributed by atoms with Crippen LogP contribution in [0, 0.1) is 0 Å². The number of nitrogens with one attached hydrogen (secondary N) is 1. The minimum absolute atomic E-state index is 0.144. The molecule has 104 valence electrons. The Bertz CT molecular complexity index is 717. The van der Waals surface area contributed by atoms with Crippen molar-refractivity contribution in [2.24, 2.45) is 0 Å². The smallest absolute Gasteiger partial charge is 0.135 e. The summed E-state index contributed by atoms with van der Waals surface area (Å²) in [5.41, 5.74) is 1.82. The maximum absolute atomic E-state index is 5.94. The van der Waals surface area contributed by atoms with E-state index in [0.29, 0.717) is 0 Å². The zero-order valence-electron chi connectivity index (χ0n) is 11.8. The Kier molecular flexibility index (Phi) is 3.61. The predicted octanol–water partition coefficient (Wildman–Crippen LogP) is 3.96. The summed E-state index contributed by atoms with van der Waals surface area (Å²) in [6, 6.07) is 14.1. The lowest BCUT2D eigenvalue weighted by Crippen LogP contribution is -2.28. The van der Waals surface area contributed by atoms with Crippen LogP contribution >= 0.6 is 0 Å². The molecule has 1 aromatic heterocycles. The molecule has 20 heavy (non-hydrogen) atoms. The van der Waals surface area contributed by atoms with E-state index in [1.165, 1.54) is 0 Å². The molecule has 0 aliphatic rings. The maximum atomic E-state index is 5.94. The third kappa shape index (κ3) is 2.49. The van der Waals surface area contributed by atoms with E-state index in [-0.39, 0.29) is 6.10 Å². The first-order valence-corrected chi connectivity index (χ1v) is 7.06. The molecule has 0 spiro atoms. The summed E-state index contributed by atoms with van der Waals surface area (Å²) in [5, 5.41) is 5.52. The third-order valence-corrected chi connectivity index (χ3v) is 3.37. The highest BCUT2D eigenvalue weighted by atomic mass is 16.5. The molecule has 1 atom stereocenters. The topological polar surface area (TPSA) is 34.4 Å². The average Bonchev–Trinajstić information content (AvgIpc) is 2.83. The monoisotopic (exact) mass is 269 g/mol. The van der Waals surface area contributed by atoms with Crippen LogP contribution in [0.25, 0.3) is 21.9 Å². The number of benzene rings is 2. The summed E-state index contributed by atoms with van der Waals surface area (Å²) in [6.45, 7) is 5.97. The van der Waals surface area contributed by atoms with Crippen LogP contribution in [0.5, 0.6) is 5.75 Å². The Morgan fingerprint density at radius 2 is 1.90 bits per heavy atom. The molecule has 0 amide bonds. The fraction of sp³-hybridized carbons (Fsp3) is 0.294. The molecule has 0 saturated heterocycles. The van der Waals surface area contributed by atoms with Crippen LogP contribution in [-0.4, -0.2) is 19.2 Å². The van der Waals surface area contributed by atoms with Crippen molar-refractivity contribution in [3.8, 4) is 5.75 Å². The summed E-state index contributed by atoms with van der Waals surface area (Å²) in [6.07, 6.45) is 0.144. The van der Waals surface area contributed by atoms with Gasteiger partial charge in [0.05, 0.1) is 0 Å². The second kappa shape index (κ2) is 5.55. The van der Waals surface area contributed by atoms with Gasteiger partial charge < -0.3 is 14.5 Å². The molecule has 0 saturated carbocycles. The predicted molar refractivity (Wildman–Crippen MR) is 82.4 cm³/mol. The number of likely N-dealkylation sites (N-methyl/N-ethyl adjacent to an activating group) is 1. The molecule has 2 aromatic carbocycles. The second-order valence-corrected chi connectivity index (χ2v) is 4.99. The van der Waals surface area contributed by atoms with Crippen LogP contribution in [0.1, 0.15) is 13.8 Å². The van der Waals surface area contributed by atoms with Gasteiger partial charge in [0.15, 0.2) is 0 Å². The number of fused-ring (bicyclic) bond motifs is 3. The summed E-state index contributed by atoms with van der Waals surface area (Å²) in [7, 11) is 0. The first-order chi connectivity index (χ1) is 9.78. The number of hydrogen-bond acceptors (Lipinski definition) is 3. The van der Waals surface area contributed by atoms with Gasteiger partial charge in [0, 0.05) is 17.3 Å². The quantitative estimate of drug-likeness (QED) is 0.761. The summed E-state index contributed by atoms with van der Waals surface area (Å²) in [4.78, 5) is 0. The zero-order chi connectivity index (χ0) is 13.9. The number of furan rings is 1. The van der Waals surface area contributed by atoms with E-state index in [4.69, 9.17) is 9.15 Å². The van der Waals surface area contributed by atoms with E-state index in [1.807, 2.05) is 30.3 Å². The van der Waals surface area contributed by atoms with Gasteiger partial charge in [-0.1, -0.05) is 25.1 Å². The molecular weight excluding hydrogens is 250 g/mol. The number of ether oxygens (including phenoxy) is 1. The van der Waals surface area contributed by atoms with Gasteiger partial charge >= 0.3 is 0 Å². The van der Waals surface area contributed by atoms with Crippen molar-refractivity contribution in [1.29, 1.82) is 0 Å². The summed E-state index contributed by atoms with van der Waals surface area (Å²) >= 11 is 0. The van der Waals surface area contributed by atoms with Gasteiger partial charge in [0.2, 0.25) is 0 Å². The fourth-order valence-electron chi connectivity index (χ4n) is 2.40. The molecule has 1 N–H and O–H groups in total. The lowest BCUT2D eigenvalue weighted by Gasteiger charge is -2.14. The van der Waals surface area contributed by atoms with Crippen molar-refractivity contribution in [1.82, 2.24) is 5.32 Å². The molecule has 3 heteroatoms. The molecule has 0 bridgehead atoms. The van der Waals surface area contributed by atoms with Crippen LogP contribution in [0.4, 0.5) is 0 Å². The largest absolute Gasteiger partial charge is 0.489 e. The van der Waals surface area contributed by atoms with E-state index in [9.17, 15) is 0 Å². The lowest BCUT2D eigenvalue weighted by molar-refractivity contribution is 0.218. The molecule has 0 aliphatic carbocycles. The first-order valence-electron chi connectivity index (χ1n) is 7.06. The van der Waals surface area contributed by atoms with E-state index in [0.717, 1.165) is 40.8 Å². The minimum atomic E-state index is 0.144. The Balaban J connectivity index is 1.91. The van der Waals surface area contributed by atoms with Gasteiger partial charge in [0.25, 0.3) is 0 Å². The van der Waals surface area contributed by atoms with E-state index < -0.39 is 0 Å². The van der Waals surface area contributed by atoms with Gasteiger partial charge in [-0.2, -0.15) is 0 Å². The van der Waals surface area contributed by atoms with Crippen LogP contribution in [-0.2, 0) is 0 Å². The molecule has 0 radical (unpaired) electrons. The van der Waals surface area contributed by atoms with Gasteiger partial charge in [-0.3, -0.25) is 0 Å². The standard InChI is InChI=1S/C17H19NO2/c1-3-18-11-12(2)19-13-8-9-17-15(10-13)14-6-4-5-7-16(14)20-17/h4-10,12,18H,3,11H2,1-2H3. The second-order valence-electron chi connectivity index (χ2n) is 4.99. The van der Waals surface area contributed by atoms with E-state index >= 15 is 0 Å².